The SMILES string of the molecule is Cc1nc2c3ccccc3nn2c(C)c1CCC(=O)Nc1ccc(N2CCOCC2)cc1. The quantitative estimate of drug-likeness (QED) is 0.521. The first-order valence-electron chi connectivity index (χ1n) is 11.1. The number of anilines is 2. The molecule has 0 bridgehead atoms. The van der Waals surface area contributed by atoms with E-state index in [2.05, 4.69) is 22.3 Å². The van der Waals surface area contributed by atoms with Gasteiger partial charge in [-0.2, -0.15) is 5.10 Å². The van der Waals surface area contributed by atoms with E-state index in [1.165, 1.54) is 0 Å². The minimum absolute atomic E-state index is 0.00588. The number of amides is 1. The summed E-state index contributed by atoms with van der Waals surface area (Å²) in [5.74, 6) is -0.00588. The molecule has 3 heterocycles. The number of morpholine rings is 1. The van der Waals surface area contributed by atoms with E-state index in [0.29, 0.717) is 12.8 Å². The van der Waals surface area contributed by atoms with Gasteiger partial charge in [-0.25, -0.2) is 9.50 Å². The smallest absolute Gasteiger partial charge is 0.224 e. The summed E-state index contributed by atoms with van der Waals surface area (Å²) in [6.45, 7) is 7.36. The first-order valence-corrected chi connectivity index (χ1v) is 11.1. The second kappa shape index (κ2) is 8.59. The summed E-state index contributed by atoms with van der Waals surface area (Å²) in [6.07, 6.45) is 1.01. The topological polar surface area (TPSA) is 71.8 Å². The highest BCUT2D eigenvalue weighted by atomic mass is 16.5. The van der Waals surface area contributed by atoms with Gasteiger partial charge >= 0.3 is 0 Å². The number of rotatable bonds is 5. The predicted octanol–water partition coefficient (Wildman–Crippen LogP) is 3.91. The van der Waals surface area contributed by atoms with Gasteiger partial charge in [-0.1, -0.05) is 12.1 Å². The zero-order valence-electron chi connectivity index (χ0n) is 18.5. The van der Waals surface area contributed by atoms with Crippen LogP contribution in [0, 0.1) is 13.8 Å². The van der Waals surface area contributed by atoms with Gasteiger partial charge in [-0.3, -0.25) is 4.79 Å². The Hall–Kier alpha value is -3.45. The number of aromatic nitrogens is 3. The maximum Gasteiger partial charge on any atom is 0.224 e. The number of aryl methyl sites for hydroxylation is 2. The Morgan fingerprint density at radius 3 is 2.59 bits per heavy atom. The van der Waals surface area contributed by atoms with Crippen molar-refractivity contribution in [2.45, 2.75) is 26.7 Å². The van der Waals surface area contributed by atoms with E-state index in [4.69, 9.17) is 14.8 Å². The van der Waals surface area contributed by atoms with Gasteiger partial charge in [0.25, 0.3) is 0 Å². The van der Waals surface area contributed by atoms with Crippen LogP contribution in [0.15, 0.2) is 48.5 Å². The van der Waals surface area contributed by atoms with Crippen LogP contribution in [0.1, 0.15) is 23.4 Å². The van der Waals surface area contributed by atoms with Gasteiger partial charge in [0.15, 0.2) is 5.65 Å². The van der Waals surface area contributed by atoms with Crippen molar-refractivity contribution < 1.29 is 9.53 Å². The lowest BCUT2D eigenvalue weighted by atomic mass is 10.1. The van der Waals surface area contributed by atoms with Crippen LogP contribution in [0.25, 0.3) is 16.6 Å². The van der Waals surface area contributed by atoms with Gasteiger partial charge in [0.1, 0.15) is 0 Å². The van der Waals surface area contributed by atoms with Crippen LogP contribution in [0.5, 0.6) is 0 Å². The highest BCUT2D eigenvalue weighted by molar-refractivity contribution is 5.92. The molecule has 7 nitrogen and oxygen atoms in total. The Kier molecular flexibility index (Phi) is 5.49. The van der Waals surface area contributed by atoms with Gasteiger partial charge in [0.05, 0.1) is 18.7 Å². The fraction of sp³-hybridized carbons (Fsp3) is 0.320. The van der Waals surface area contributed by atoms with E-state index in [1.807, 2.05) is 54.8 Å². The second-order valence-electron chi connectivity index (χ2n) is 8.21. The maximum atomic E-state index is 12.6. The minimum Gasteiger partial charge on any atom is -0.378 e. The molecule has 0 saturated carbocycles. The third-order valence-electron chi connectivity index (χ3n) is 6.15. The molecule has 1 fully saturated rings. The van der Waals surface area contributed by atoms with Gasteiger partial charge in [-0.15, -0.1) is 0 Å². The van der Waals surface area contributed by atoms with Crippen LogP contribution in [0.3, 0.4) is 0 Å². The van der Waals surface area contributed by atoms with Crippen LogP contribution in [0.2, 0.25) is 0 Å². The van der Waals surface area contributed by atoms with E-state index in [9.17, 15) is 4.79 Å². The largest absolute Gasteiger partial charge is 0.378 e. The Morgan fingerprint density at radius 1 is 1.06 bits per heavy atom. The van der Waals surface area contributed by atoms with Gasteiger partial charge in [0, 0.05) is 47.7 Å². The third kappa shape index (κ3) is 3.91. The average Bonchev–Trinajstić information content (AvgIpc) is 3.19. The normalized spacial score (nSPS) is 14.2. The summed E-state index contributed by atoms with van der Waals surface area (Å²) in [7, 11) is 0. The number of carbonyl (C=O) groups excluding carboxylic acids is 1. The Labute approximate surface area is 187 Å². The minimum atomic E-state index is -0.00588. The molecule has 2 aromatic carbocycles. The molecule has 0 radical (unpaired) electrons. The van der Waals surface area contributed by atoms with Crippen molar-refractivity contribution in [1.82, 2.24) is 14.6 Å². The molecule has 0 spiro atoms. The molecular formula is C25H27N5O2. The molecule has 1 saturated heterocycles. The van der Waals surface area contributed by atoms with Crippen molar-refractivity contribution in [3.05, 3.63) is 65.5 Å². The zero-order chi connectivity index (χ0) is 22.1. The zero-order valence-corrected chi connectivity index (χ0v) is 18.5. The highest BCUT2D eigenvalue weighted by Gasteiger charge is 2.15. The number of fused-ring (bicyclic) bond motifs is 3. The molecule has 164 valence electrons. The molecule has 5 rings (SSSR count). The molecule has 0 unspecified atom stereocenters. The van der Waals surface area contributed by atoms with Crippen LogP contribution < -0.4 is 10.2 Å². The van der Waals surface area contributed by atoms with E-state index in [1.54, 1.807) is 0 Å². The lowest BCUT2D eigenvalue weighted by Crippen LogP contribution is -2.36. The van der Waals surface area contributed by atoms with Gasteiger partial charge < -0.3 is 15.0 Å². The number of nitrogens with one attached hydrogen (secondary N) is 1. The molecule has 32 heavy (non-hydrogen) atoms. The van der Waals surface area contributed by atoms with Crippen LogP contribution in [-0.2, 0) is 16.0 Å². The number of hydrogen-bond acceptors (Lipinski definition) is 5. The summed E-state index contributed by atoms with van der Waals surface area (Å²) in [4.78, 5) is 19.7. The summed E-state index contributed by atoms with van der Waals surface area (Å²) in [5.41, 5.74) is 6.82. The molecule has 4 aromatic rings. The molecule has 0 atom stereocenters. The van der Waals surface area contributed by atoms with Gasteiger partial charge in [0.2, 0.25) is 5.91 Å². The average molecular weight is 430 g/mol. The fourth-order valence-corrected chi connectivity index (χ4v) is 4.38. The van der Waals surface area contributed by atoms with Gasteiger partial charge in [-0.05, 0) is 62.2 Å². The lowest BCUT2D eigenvalue weighted by molar-refractivity contribution is -0.116. The number of benzene rings is 2. The maximum absolute atomic E-state index is 12.6. The molecule has 7 heteroatoms. The number of ether oxygens (including phenoxy) is 1. The predicted molar refractivity (Wildman–Crippen MR) is 126 cm³/mol. The summed E-state index contributed by atoms with van der Waals surface area (Å²) >= 11 is 0. The fourth-order valence-electron chi connectivity index (χ4n) is 4.38. The van der Waals surface area contributed by atoms with Crippen molar-refractivity contribution in [3.8, 4) is 0 Å². The lowest BCUT2D eigenvalue weighted by Gasteiger charge is -2.28. The molecule has 1 amide bonds. The summed E-state index contributed by atoms with van der Waals surface area (Å²) in [6, 6.07) is 16.0. The molecule has 0 aliphatic carbocycles. The van der Waals surface area contributed by atoms with E-state index >= 15 is 0 Å². The van der Waals surface area contributed by atoms with Crippen molar-refractivity contribution in [3.63, 3.8) is 0 Å². The Bertz CT molecular complexity index is 1270. The summed E-state index contributed by atoms with van der Waals surface area (Å²) in [5, 5.41) is 8.76. The van der Waals surface area contributed by atoms with Crippen molar-refractivity contribution in [2.24, 2.45) is 0 Å². The first kappa shape index (κ1) is 20.5. The second-order valence-corrected chi connectivity index (χ2v) is 8.21. The van der Waals surface area contributed by atoms with Crippen LogP contribution in [0.4, 0.5) is 11.4 Å². The number of carbonyl (C=O) groups is 1. The highest BCUT2D eigenvalue weighted by Crippen LogP contribution is 2.23. The summed E-state index contributed by atoms with van der Waals surface area (Å²) < 4.78 is 7.31. The van der Waals surface area contributed by atoms with Crippen LogP contribution >= 0.6 is 0 Å². The monoisotopic (exact) mass is 429 g/mol. The van der Waals surface area contributed by atoms with E-state index in [-0.39, 0.29) is 5.91 Å². The van der Waals surface area contributed by atoms with E-state index < -0.39 is 0 Å². The third-order valence-corrected chi connectivity index (χ3v) is 6.15. The number of hydrogen-bond donors (Lipinski definition) is 1. The van der Waals surface area contributed by atoms with Crippen molar-refractivity contribution >= 4 is 33.8 Å². The Morgan fingerprint density at radius 2 is 1.81 bits per heavy atom. The molecule has 1 aliphatic rings. The number of nitrogens with zero attached hydrogens (tertiary/aromatic N) is 4. The standard InChI is InChI=1S/C25H27N5O2/c1-17-21(18(2)30-25(26-17)22-5-3-4-6-23(22)28-30)11-12-24(31)27-19-7-9-20(10-8-19)29-13-15-32-16-14-29/h3-10H,11-16H2,1-2H3,(H,27,31). The molecule has 1 aliphatic heterocycles. The first-order chi connectivity index (χ1) is 15.6. The van der Waals surface area contributed by atoms with Crippen LogP contribution in [-0.4, -0.2) is 46.8 Å². The molecule has 1 N–H and O–H groups in total. The molecular weight excluding hydrogens is 402 g/mol. The van der Waals surface area contributed by atoms with Crippen molar-refractivity contribution in [1.29, 1.82) is 0 Å². The Balaban J connectivity index is 1.27. The van der Waals surface area contributed by atoms with E-state index in [0.717, 1.165) is 71.2 Å². The van der Waals surface area contributed by atoms with Crippen molar-refractivity contribution in [2.75, 3.05) is 36.5 Å². The molecule has 2 aromatic heterocycles.